The lowest BCUT2D eigenvalue weighted by atomic mass is 9.32. The highest BCUT2D eigenvalue weighted by molar-refractivity contribution is 5.21. The Morgan fingerprint density at radius 2 is 1.45 bits per heavy atom. The largest absolute Gasteiger partial charge is 0.393 e. The van der Waals surface area contributed by atoms with Gasteiger partial charge >= 0.3 is 0 Å². The van der Waals surface area contributed by atoms with Crippen LogP contribution in [0.2, 0.25) is 0 Å². The van der Waals surface area contributed by atoms with Gasteiger partial charge in [-0.25, -0.2) is 0 Å². The second-order valence-electron chi connectivity index (χ2n) is 14.7. The van der Waals surface area contributed by atoms with Gasteiger partial charge in [0.25, 0.3) is 0 Å². The van der Waals surface area contributed by atoms with E-state index in [2.05, 4.69) is 55.0 Å². The molecule has 0 amide bonds. The van der Waals surface area contributed by atoms with Gasteiger partial charge in [-0.1, -0.05) is 53.7 Å². The van der Waals surface area contributed by atoms with Crippen molar-refractivity contribution in [3.05, 3.63) is 12.2 Å². The van der Waals surface area contributed by atoms with Crippen molar-refractivity contribution in [1.29, 1.82) is 0 Å². The zero-order valence-corrected chi connectivity index (χ0v) is 21.7. The monoisotopic (exact) mass is 426 g/mol. The second kappa shape index (κ2) is 6.64. The van der Waals surface area contributed by atoms with Gasteiger partial charge in [0.05, 0.1) is 6.10 Å². The molecule has 0 bridgehead atoms. The van der Waals surface area contributed by atoms with Gasteiger partial charge in [-0.15, -0.1) is 0 Å². The van der Waals surface area contributed by atoms with Gasteiger partial charge in [-0.2, -0.15) is 0 Å². The highest BCUT2D eigenvalue weighted by Crippen LogP contribution is 2.77. The van der Waals surface area contributed by atoms with E-state index in [0.29, 0.717) is 27.6 Å². The van der Waals surface area contributed by atoms with Crippen molar-refractivity contribution in [2.45, 2.75) is 119 Å². The maximum absolute atomic E-state index is 10.9. The quantitative estimate of drug-likeness (QED) is 0.421. The molecular weight excluding hydrogens is 376 g/mol. The van der Waals surface area contributed by atoms with Gasteiger partial charge < -0.3 is 5.11 Å². The number of hydrogen-bond acceptors (Lipinski definition) is 1. The number of hydrogen-bond donors (Lipinski definition) is 1. The highest BCUT2D eigenvalue weighted by Gasteiger charge is 2.70. The molecule has 0 spiro atoms. The van der Waals surface area contributed by atoms with Gasteiger partial charge in [0, 0.05) is 0 Å². The van der Waals surface area contributed by atoms with Gasteiger partial charge in [-0.05, 0) is 128 Å². The molecule has 0 aromatic carbocycles. The lowest BCUT2D eigenvalue weighted by Gasteiger charge is -2.73. The molecule has 1 heteroatoms. The van der Waals surface area contributed by atoms with Crippen molar-refractivity contribution in [2.24, 2.45) is 56.7 Å². The summed E-state index contributed by atoms with van der Waals surface area (Å²) in [5, 5.41) is 10.9. The van der Waals surface area contributed by atoms with Crippen LogP contribution in [0.4, 0.5) is 0 Å². The predicted molar refractivity (Wildman–Crippen MR) is 131 cm³/mol. The van der Waals surface area contributed by atoms with Crippen LogP contribution in [0.5, 0.6) is 0 Å². The molecule has 0 unspecified atom stereocenters. The molecule has 176 valence electrons. The Bertz CT molecular complexity index is 766. The molecule has 5 saturated carbocycles. The molecule has 5 aliphatic rings. The fourth-order valence-corrected chi connectivity index (χ4v) is 11.5. The third-order valence-electron chi connectivity index (χ3n) is 13.5. The Kier molecular flexibility index (Phi) is 4.82. The minimum atomic E-state index is -0.118. The second-order valence-corrected chi connectivity index (χ2v) is 14.7. The molecule has 10 atom stereocenters. The van der Waals surface area contributed by atoms with E-state index in [-0.39, 0.29) is 11.5 Å². The summed E-state index contributed by atoms with van der Waals surface area (Å²) in [6.45, 7) is 22.3. The standard InChI is InChI=1S/C30H50O/c1-19(2)20-11-14-27(5)17-18-29(7)21(25(20)27)9-10-23-28(6)15-13-24(31)26(3,4)22(28)12-16-30(23,29)8/h20-25,31H,1,9-18H2,2-8H3/t20-,21-,22-,23-,24-,25+,27+,28-,29+,30+/m0/s1. The minimum Gasteiger partial charge on any atom is -0.393 e. The molecule has 1 N–H and O–H groups in total. The molecule has 0 heterocycles. The number of allylic oxidation sites excluding steroid dienone is 1. The van der Waals surface area contributed by atoms with Crippen molar-refractivity contribution >= 4 is 0 Å². The molecule has 1 nitrogen and oxygen atoms in total. The molecule has 5 aliphatic carbocycles. The van der Waals surface area contributed by atoms with Crippen molar-refractivity contribution < 1.29 is 5.11 Å². The third kappa shape index (κ3) is 2.65. The zero-order valence-electron chi connectivity index (χ0n) is 21.7. The maximum atomic E-state index is 10.9. The topological polar surface area (TPSA) is 20.2 Å². The lowest BCUT2D eigenvalue weighted by Crippen LogP contribution is -2.66. The first kappa shape index (κ1) is 22.5. The van der Waals surface area contributed by atoms with E-state index in [1.54, 1.807) is 0 Å². The summed E-state index contributed by atoms with van der Waals surface area (Å²) in [5.41, 5.74) is 3.38. The van der Waals surface area contributed by atoms with E-state index in [0.717, 1.165) is 30.1 Å². The van der Waals surface area contributed by atoms with Crippen LogP contribution >= 0.6 is 0 Å². The van der Waals surface area contributed by atoms with Gasteiger partial charge in [0.1, 0.15) is 0 Å². The summed E-state index contributed by atoms with van der Waals surface area (Å²) < 4.78 is 0. The van der Waals surface area contributed by atoms with E-state index in [1.807, 2.05) is 0 Å². The number of fused-ring (bicyclic) bond motifs is 7. The average molecular weight is 427 g/mol. The first-order chi connectivity index (χ1) is 14.3. The van der Waals surface area contributed by atoms with E-state index >= 15 is 0 Å². The van der Waals surface area contributed by atoms with Crippen LogP contribution in [-0.2, 0) is 0 Å². The van der Waals surface area contributed by atoms with Gasteiger partial charge in [0.2, 0.25) is 0 Å². The van der Waals surface area contributed by atoms with Crippen molar-refractivity contribution in [3.63, 3.8) is 0 Å². The van der Waals surface area contributed by atoms with Gasteiger partial charge in [0.15, 0.2) is 0 Å². The molecular formula is C30H50O. The maximum Gasteiger partial charge on any atom is 0.0594 e. The van der Waals surface area contributed by atoms with Crippen LogP contribution in [0.15, 0.2) is 12.2 Å². The van der Waals surface area contributed by atoms with Gasteiger partial charge in [-0.3, -0.25) is 0 Å². The van der Waals surface area contributed by atoms with Crippen molar-refractivity contribution in [3.8, 4) is 0 Å². The molecule has 0 aromatic heterocycles. The van der Waals surface area contributed by atoms with Crippen LogP contribution in [0.1, 0.15) is 113 Å². The molecule has 5 rings (SSSR count). The Hall–Kier alpha value is -0.300. The minimum absolute atomic E-state index is 0.0632. The smallest absolute Gasteiger partial charge is 0.0594 e. The molecule has 5 fully saturated rings. The lowest BCUT2D eigenvalue weighted by molar-refractivity contribution is -0.246. The summed E-state index contributed by atoms with van der Waals surface area (Å²) in [4.78, 5) is 0. The number of aliphatic hydroxyl groups is 1. The molecule has 0 aromatic rings. The Morgan fingerprint density at radius 3 is 2.13 bits per heavy atom. The van der Waals surface area contributed by atoms with E-state index in [1.165, 1.54) is 63.4 Å². The molecule has 0 saturated heterocycles. The van der Waals surface area contributed by atoms with Crippen LogP contribution in [-0.4, -0.2) is 11.2 Å². The summed E-state index contributed by atoms with van der Waals surface area (Å²) in [7, 11) is 0. The van der Waals surface area contributed by atoms with E-state index in [4.69, 9.17) is 0 Å². The molecule has 31 heavy (non-hydrogen) atoms. The summed E-state index contributed by atoms with van der Waals surface area (Å²) >= 11 is 0. The fourth-order valence-electron chi connectivity index (χ4n) is 11.5. The first-order valence-electron chi connectivity index (χ1n) is 13.6. The summed E-state index contributed by atoms with van der Waals surface area (Å²) in [5.74, 6) is 3.98. The Balaban J connectivity index is 1.54. The fraction of sp³-hybridized carbons (Fsp3) is 0.933. The van der Waals surface area contributed by atoms with Crippen LogP contribution < -0.4 is 0 Å². The predicted octanol–water partition coefficient (Wildman–Crippen LogP) is 8.02. The average Bonchev–Trinajstić information content (AvgIpc) is 3.04. The van der Waals surface area contributed by atoms with Crippen molar-refractivity contribution in [1.82, 2.24) is 0 Å². The summed E-state index contributed by atoms with van der Waals surface area (Å²) in [6, 6.07) is 0. The normalized spacial score (nSPS) is 57.9. The Morgan fingerprint density at radius 1 is 0.742 bits per heavy atom. The summed E-state index contributed by atoms with van der Waals surface area (Å²) in [6.07, 6.45) is 13.4. The highest BCUT2D eigenvalue weighted by atomic mass is 16.3. The number of rotatable bonds is 1. The third-order valence-corrected chi connectivity index (χ3v) is 13.5. The number of aliphatic hydroxyl groups excluding tert-OH is 1. The van der Waals surface area contributed by atoms with Crippen LogP contribution in [0.3, 0.4) is 0 Å². The van der Waals surface area contributed by atoms with Crippen molar-refractivity contribution in [2.75, 3.05) is 0 Å². The first-order valence-corrected chi connectivity index (χ1v) is 13.6. The van der Waals surface area contributed by atoms with Crippen LogP contribution in [0, 0.1) is 56.7 Å². The SMILES string of the molecule is C=C(C)[C@@H]1CC[C@]2(C)CC[C@]3(C)[C@@H](CC[C@H]4[C@@]5(C)CC[C@H](O)C(C)(C)[C@@H]5CC[C@]43C)[C@@H]12. The van der Waals surface area contributed by atoms with E-state index < -0.39 is 0 Å². The molecule has 0 aliphatic heterocycles. The van der Waals surface area contributed by atoms with Crippen LogP contribution in [0.25, 0.3) is 0 Å². The molecule has 0 radical (unpaired) electrons. The van der Waals surface area contributed by atoms with E-state index in [9.17, 15) is 5.11 Å². The Labute approximate surface area is 192 Å². The zero-order chi connectivity index (χ0) is 22.6.